The van der Waals surface area contributed by atoms with Crippen LogP contribution in [-0.4, -0.2) is 0 Å². The van der Waals surface area contributed by atoms with Crippen LogP contribution in [0.25, 0.3) is 32.3 Å². The number of hydrogen-bond acceptors (Lipinski definition) is 0. The van der Waals surface area contributed by atoms with Crippen LogP contribution in [0.3, 0.4) is 0 Å². The van der Waals surface area contributed by atoms with Crippen LogP contribution in [0.15, 0.2) is 24.3 Å². The Morgan fingerprint density at radius 2 is 0.828 bits per heavy atom. The molecule has 0 nitrogen and oxygen atoms in total. The first kappa shape index (κ1) is 15.5. The maximum absolute atomic E-state index is 2.51. The molecule has 0 aromatic heterocycles. The summed E-state index contributed by atoms with van der Waals surface area (Å²) in [6.45, 7) is 10.0. The van der Waals surface area contributed by atoms with Gasteiger partial charge in [0, 0.05) is 0 Å². The Morgan fingerprint density at radius 1 is 0.483 bits per heavy atom. The third-order valence-corrected chi connectivity index (χ3v) is 9.06. The molecule has 0 atom stereocenters. The van der Waals surface area contributed by atoms with Crippen molar-refractivity contribution < 1.29 is 0 Å². The molecule has 0 heteroatoms. The molecule has 4 aromatic rings. The fraction of sp³-hybridized carbons (Fsp3) is 0.379. The van der Waals surface area contributed by atoms with Crippen LogP contribution in [-0.2, 0) is 30.1 Å². The molecule has 142 valence electrons. The number of rotatable bonds is 0. The van der Waals surface area contributed by atoms with Gasteiger partial charge in [-0.2, -0.15) is 0 Å². The molecule has 4 aliphatic carbocycles. The molecule has 29 heavy (non-hydrogen) atoms. The lowest BCUT2D eigenvalue weighted by Gasteiger charge is -2.44. The van der Waals surface area contributed by atoms with E-state index in [1.807, 2.05) is 0 Å². The van der Waals surface area contributed by atoms with E-state index in [2.05, 4.69) is 52.0 Å². The van der Waals surface area contributed by atoms with Crippen molar-refractivity contribution in [3.05, 3.63) is 68.8 Å². The normalized spacial score (nSPS) is 21.0. The van der Waals surface area contributed by atoms with E-state index in [4.69, 9.17) is 0 Å². The second-order valence-corrected chi connectivity index (χ2v) is 11.5. The van der Waals surface area contributed by atoms with Crippen molar-refractivity contribution in [3.63, 3.8) is 0 Å². The minimum absolute atomic E-state index is 0.275. The minimum Gasteiger partial charge on any atom is -0.0578 e. The highest BCUT2D eigenvalue weighted by Crippen LogP contribution is 2.59. The second kappa shape index (κ2) is 4.24. The fourth-order valence-corrected chi connectivity index (χ4v) is 7.82. The van der Waals surface area contributed by atoms with E-state index in [1.165, 1.54) is 12.8 Å². The highest BCUT2D eigenvalue weighted by atomic mass is 14.5. The van der Waals surface area contributed by atoms with Gasteiger partial charge in [0.1, 0.15) is 0 Å². The molecule has 0 bridgehead atoms. The number of hydrogen-bond donors (Lipinski definition) is 0. The largest absolute Gasteiger partial charge is 0.0578 e. The molecule has 4 aromatic carbocycles. The summed E-state index contributed by atoms with van der Waals surface area (Å²) in [5, 5.41) is 9.79. The van der Waals surface area contributed by atoms with E-state index in [0.717, 1.165) is 19.3 Å². The molecule has 0 spiro atoms. The topological polar surface area (TPSA) is 0 Å². The van der Waals surface area contributed by atoms with Gasteiger partial charge in [-0.25, -0.2) is 0 Å². The standard InChI is InChI=1S/C29H26/c1-28(2)9-10-29(3,4)27-19-13-17-8-6-15-11-14-5-7-16-12-18(26(27)28)24-22(16)20(14)21(15)23(17)25(19)24/h5-8H,9-13H2,1-4H3. The Hall–Kier alpha value is -2.34. The molecule has 0 radical (unpaired) electrons. The third kappa shape index (κ3) is 1.48. The monoisotopic (exact) mass is 374 g/mol. The van der Waals surface area contributed by atoms with Crippen molar-refractivity contribution >= 4 is 32.3 Å². The average molecular weight is 375 g/mol. The lowest BCUT2D eigenvalue weighted by molar-refractivity contribution is 0.329. The molecule has 0 fully saturated rings. The molecule has 0 saturated heterocycles. The molecule has 0 N–H and O–H groups in total. The summed E-state index contributed by atoms with van der Waals surface area (Å²) in [5.74, 6) is 0. The molecule has 4 aliphatic rings. The zero-order valence-corrected chi connectivity index (χ0v) is 17.8. The van der Waals surface area contributed by atoms with Crippen LogP contribution < -0.4 is 0 Å². The van der Waals surface area contributed by atoms with E-state index < -0.39 is 0 Å². The summed E-state index contributed by atoms with van der Waals surface area (Å²) in [5.41, 5.74) is 13.7. The summed E-state index contributed by atoms with van der Waals surface area (Å²) < 4.78 is 0. The Kier molecular flexibility index (Phi) is 2.27. The summed E-state index contributed by atoms with van der Waals surface area (Å²) in [4.78, 5) is 0. The lowest BCUT2D eigenvalue weighted by atomic mass is 9.60. The summed E-state index contributed by atoms with van der Waals surface area (Å²) in [7, 11) is 0. The van der Waals surface area contributed by atoms with Gasteiger partial charge in [-0.15, -0.1) is 0 Å². The van der Waals surface area contributed by atoms with Crippen molar-refractivity contribution in [1.29, 1.82) is 0 Å². The van der Waals surface area contributed by atoms with Crippen LogP contribution in [0.2, 0.25) is 0 Å². The van der Waals surface area contributed by atoms with Gasteiger partial charge in [-0.1, -0.05) is 52.0 Å². The zero-order chi connectivity index (χ0) is 19.4. The summed E-state index contributed by atoms with van der Waals surface area (Å²) >= 11 is 0. The number of benzene rings is 4. The molecule has 0 aliphatic heterocycles. The van der Waals surface area contributed by atoms with E-state index >= 15 is 0 Å². The van der Waals surface area contributed by atoms with Crippen molar-refractivity contribution in [2.24, 2.45) is 0 Å². The Balaban J connectivity index is 1.75. The molecule has 0 unspecified atom stereocenters. The first-order chi connectivity index (χ1) is 13.9. The SMILES string of the molecule is CC1(C)CCC(C)(C)c2c1c1c3c4c(ccc5c4c4c(ccc6c4c3c2C6)C5)C1. The maximum atomic E-state index is 2.51. The van der Waals surface area contributed by atoms with Gasteiger partial charge in [-0.3, -0.25) is 0 Å². The summed E-state index contributed by atoms with van der Waals surface area (Å²) in [6, 6.07) is 9.80. The molecular formula is C29H26. The molecule has 0 saturated carbocycles. The zero-order valence-electron chi connectivity index (χ0n) is 17.8. The van der Waals surface area contributed by atoms with Crippen molar-refractivity contribution in [3.8, 4) is 0 Å². The first-order valence-corrected chi connectivity index (χ1v) is 11.4. The third-order valence-electron chi connectivity index (χ3n) is 9.06. The minimum atomic E-state index is 0.275. The highest BCUT2D eigenvalue weighted by Gasteiger charge is 2.44. The van der Waals surface area contributed by atoms with Gasteiger partial charge in [0.15, 0.2) is 0 Å². The molecule has 8 rings (SSSR count). The van der Waals surface area contributed by atoms with Crippen LogP contribution in [0.5, 0.6) is 0 Å². The number of fused-ring (bicyclic) bond motifs is 3. The van der Waals surface area contributed by atoms with Crippen molar-refractivity contribution in [2.45, 2.75) is 70.6 Å². The Bertz CT molecular complexity index is 1390. The van der Waals surface area contributed by atoms with Gasteiger partial charge >= 0.3 is 0 Å². The van der Waals surface area contributed by atoms with E-state index in [-0.39, 0.29) is 10.8 Å². The molecule has 0 amide bonds. The quantitative estimate of drug-likeness (QED) is 0.246. The van der Waals surface area contributed by atoms with Crippen LogP contribution in [0.4, 0.5) is 0 Å². The predicted molar refractivity (Wildman–Crippen MR) is 123 cm³/mol. The summed E-state index contributed by atoms with van der Waals surface area (Å²) in [6.07, 6.45) is 6.02. The van der Waals surface area contributed by atoms with Gasteiger partial charge in [0.05, 0.1) is 0 Å². The average Bonchev–Trinajstić information content (AvgIpc) is 3.33. The Labute approximate surface area is 171 Å². The lowest BCUT2D eigenvalue weighted by Crippen LogP contribution is -2.36. The first-order valence-electron chi connectivity index (χ1n) is 11.4. The second-order valence-electron chi connectivity index (χ2n) is 11.5. The Morgan fingerprint density at radius 3 is 1.24 bits per heavy atom. The van der Waals surface area contributed by atoms with Crippen LogP contribution in [0.1, 0.15) is 85.0 Å². The van der Waals surface area contributed by atoms with Crippen molar-refractivity contribution in [2.75, 3.05) is 0 Å². The molecular weight excluding hydrogens is 348 g/mol. The van der Waals surface area contributed by atoms with Crippen LogP contribution >= 0.6 is 0 Å². The van der Waals surface area contributed by atoms with Crippen LogP contribution in [0, 0.1) is 0 Å². The fourth-order valence-electron chi connectivity index (χ4n) is 7.82. The highest BCUT2D eigenvalue weighted by molar-refractivity contribution is 6.33. The smallest absolute Gasteiger partial charge is 0.000994 e. The van der Waals surface area contributed by atoms with Gasteiger partial charge in [0.25, 0.3) is 0 Å². The van der Waals surface area contributed by atoms with Gasteiger partial charge in [0.2, 0.25) is 0 Å². The van der Waals surface area contributed by atoms with E-state index in [1.54, 1.807) is 76.8 Å². The predicted octanol–water partition coefficient (Wildman–Crippen LogP) is 7.21. The van der Waals surface area contributed by atoms with Gasteiger partial charge in [-0.05, 0) is 120 Å². The van der Waals surface area contributed by atoms with Crippen molar-refractivity contribution in [1.82, 2.24) is 0 Å². The molecule has 0 heterocycles. The van der Waals surface area contributed by atoms with Gasteiger partial charge < -0.3 is 0 Å². The van der Waals surface area contributed by atoms with E-state index in [0.29, 0.717) is 0 Å². The van der Waals surface area contributed by atoms with E-state index in [9.17, 15) is 0 Å². The maximum Gasteiger partial charge on any atom is -0.000994 e.